The molecule has 0 amide bonds. The van der Waals surface area contributed by atoms with Crippen molar-refractivity contribution in [3.05, 3.63) is 35.4 Å². The van der Waals surface area contributed by atoms with Gasteiger partial charge in [-0.2, -0.15) is 0 Å². The molecular formula is C17H23NO. The van der Waals surface area contributed by atoms with Gasteiger partial charge in [-0.3, -0.25) is 0 Å². The van der Waals surface area contributed by atoms with Crippen LogP contribution in [0.1, 0.15) is 44.7 Å². The topological polar surface area (TPSA) is 21.6 Å². The molecule has 0 saturated heterocycles. The van der Waals surface area contributed by atoms with Gasteiger partial charge in [0, 0.05) is 0 Å². The van der Waals surface area contributed by atoms with Gasteiger partial charge in [-0.05, 0) is 43.2 Å². The van der Waals surface area contributed by atoms with Gasteiger partial charge in [-0.1, -0.05) is 38.1 Å². The number of ether oxygens (including phenoxy) is 1. The molecule has 0 unspecified atom stereocenters. The molecule has 2 nitrogen and oxygen atoms in total. The summed E-state index contributed by atoms with van der Waals surface area (Å²) >= 11 is 0. The molecule has 0 radical (unpaired) electrons. The number of aliphatic imine (C=N–C) groups is 1. The van der Waals surface area contributed by atoms with Gasteiger partial charge in [0.05, 0.1) is 11.5 Å². The summed E-state index contributed by atoms with van der Waals surface area (Å²) < 4.78 is 5.98. The van der Waals surface area contributed by atoms with Gasteiger partial charge in [-0.15, -0.1) is 0 Å². The molecule has 2 atom stereocenters. The first-order valence-electron chi connectivity index (χ1n) is 7.41. The van der Waals surface area contributed by atoms with Crippen LogP contribution in [-0.4, -0.2) is 18.5 Å². The highest BCUT2D eigenvalue weighted by Crippen LogP contribution is 2.40. The number of nitrogens with zero attached hydrogens (tertiary/aromatic N) is 1. The molecule has 0 spiro atoms. The van der Waals surface area contributed by atoms with Crippen molar-refractivity contribution in [2.24, 2.45) is 10.9 Å². The SMILES string of the molecule is CC(C)[C@H]1COC([C@@]2(C)CCCc3ccccc32)=N1. The van der Waals surface area contributed by atoms with Gasteiger partial charge in [0.2, 0.25) is 0 Å². The van der Waals surface area contributed by atoms with E-state index >= 15 is 0 Å². The van der Waals surface area contributed by atoms with Crippen LogP contribution in [0.2, 0.25) is 0 Å². The number of benzene rings is 1. The maximum Gasteiger partial charge on any atom is 0.194 e. The number of rotatable bonds is 2. The number of hydrogen-bond donors (Lipinski definition) is 0. The lowest BCUT2D eigenvalue weighted by molar-refractivity contribution is 0.266. The summed E-state index contributed by atoms with van der Waals surface area (Å²) in [5, 5.41) is 0. The first kappa shape index (κ1) is 12.7. The Balaban J connectivity index is 1.99. The highest BCUT2D eigenvalue weighted by Gasteiger charge is 2.41. The summed E-state index contributed by atoms with van der Waals surface area (Å²) in [6.45, 7) is 7.49. The summed E-state index contributed by atoms with van der Waals surface area (Å²) in [6, 6.07) is 9.11. The maximum atomic E-state index is 5.98. The molecule has 0 saturated carbocycles. The Morgan fingerprint density at radius 3 is 2.84 bits per heavy atom. The van der Waals surface area contributed by atoms with E-state index in [2.05, 4.69) is 45.0 Å². The van der Waals surface area contributed by atoms with Crippen molar-refractivity contribution in [1.29, 1.82) is 0 Å². The standard InChI is InChI=1S/C17H23NO/c1-12(2)15-11-19-16(18-15)17(3)10-6-8-13-7-4-5-9-14(13)17/h4-5,7,9,12,15H,6,8,10-11H2,1-3H3/t15-,17+/m1/s1. The Morgan fingerprint density at radius 1 is 1.32 bits per heavy atom. The van der Waals surface area contributed by atoms with Crippen LogP contribution in [0.25, 0.3) is 0 Å². The number of aryl methyl sites for hydroxylation is 1. The zero-order chi connectivity index (χ0) is 13.5. The van der Waals surface area contributed by atoms with E-state index in [1.807, 2.05) is 0 Å². The minimum Gasteiger partial charge on any atom is -0.478 e. The van der Waals surface area contributed by atoms with Crippen LogP contribution in [0.3, 0.4) is 0 Å². The summed E-state index contributed by atoms with van der Waals surface area (Å²) in [7, 11) is 0. The largest absolute Gasteiger partial charge is 0.478 e. The fraction of sp³-hybridized carbons (Fsp3) is 0.588. The molecule has 19 heavy (non-hydrogen) atoms. The molecular weight excluding hydrogens is 234 g/mol. The fourth-order valence-corrected chi connectivity index (χ4v) is 3.30. The molecule has 0 bridgehead atoms. The van der Waals surface area contributed by atoms with E-state index in [9.17, 15) is 0 Å². The molecule has 1 aromatic carbocycles. The monoisotopic (exact) mass is 257 g/mol. The molecule has 0 N–H and O–H groups in total. The molecule has 1 heterocycles. The fourth-order valence-electron chi connectivity index (χ4n) is 3.30. The first-order chi connectivity index (χ1) is 9.11. The van der Waals surface area contributed by atoms with E-state index in [0.717, 1.165) is 18.9 Å². The van der Waals surface area contributed by atoms with Crippen LogP contribution in [0.4, 0.5) is 0 Å². The van der Waals surface area contributed by atoms with Crippen LogP contribution in [0.5, 0.6) is 0 Å². The second-order valence-corrected chi connectivity index (χ2v) is 6.40. The van der Waals surface area contributed by atoms with Gasteiger partial charge < -0.3 is 4.74 Å². The molecule has 1 aliphatic carbocycles. The van der Waals surface area contributed by atoms with E-state index in [4.69, 9.17) is 9.73 Å². The van der Waals surface area contributed by atoms with Crippen LogP contribution in [-0.2, 0) is 16.6 Å². The zero-order valence-corrected chi connectivity index (χ0v) is 12.1. The molecule has 1 aliphatic heterocycles. The van der Waals surface area contributed by atoms with Crippen LogP contribution in [0, 0.1) is 5.92 Å². The van der Waals surface area contributed by atoms with E-state index in [0.29, 0.717) is 12.0 Å². The van der Waals surface area contributed by atoms with Gasteiger partial charge in [-0.25, -0.2) is 4.99 Å². The van der Waals surface area contributed by atoms with E-state index < -0.39 is 0 Å². The molecule has 0 fully saturated rings. The second kappa shape index (κ2) is 4.66. The quantitative estimate of drug-likeness (QED) is 0.791. The Kier molecular flexibility index (Phi) is 3.12. The van der Waals surface area contributed by atoms with Crippen molar-refractivity contribution in [2.75, 3.05) is 6.61 Å². The lowest BCUT2D eigenvalue weighted by Crippen LogP contribution is -2.36. The van der Waals surface area contributed by atoms with Crippen molar-refractivity contribution in [2.45, 2.75) is 51.5 Å². The predicted octanol–water partition coefficient (Wildman–Crippen LogP) is 3.73. The Labute approximate surface area is 115 Å². The third-order valence-corrected chi connectivity index (χ3v) is 4.65. The van der Waals surface area contributed by atoms with Crippen molar-refractivity contribution in [1.82, 2.24) is 0 Å². The summed E-state index contributed by atoms with van der Waals surface area (Å²) in [6.07, 6.45) is 3.56. The summed E-state index contributed by atoms with van der Waals surface area (Å²) in [5.41, 5.74) is 2.87. The zero-order valence-electron chi connectivity index (χ0n) is 12.1. The van der Waals surface area contributed by atoms with Gasteiger partial charge in [0.1, 0.15) is 6.61 Å². The highest BCUT2D eigenvalue weighted by atomic mass is 16.5. The normalized spacial score (nSPS) is 29.9. The van der Waals surface area contributed by atoms with Gasteiger partial charge in [0.15, 0.2) is 5.90 Å². The molecule has 0 aromatic heterocycles. The molecule has 102 valence electrons. The van der Waals surface area contributed by atoms with Gasteiger partial charge in [0.25, 0.3) is 0 Å². The van der Waals surface area contributed by atoms with E-state index in [-0.39, 0.29) is 5.41 Å². The average molecular weight is 257 g/mol. The predicted molar refractivity (Wildman–Crippen MR) is 78.7 cm³/mol. The van der Waals surface area contributed by atoms with Crippen molar-refractivity contribution >= 4 is 5.90 Å². The molecule has 3 rings (SSSR count). The smallest absolute Gasteiger partial charge is 0.194 e. The van der Waals surface area contributed by atoms with Crippen molar-refractivity contribution in [3.63, 3.8) is 0 Å². The Morgan fingerprint density at radius 2 is 2.11 bits per heavy atom. The van der Waals surface area contributed by atoms with Crippen LogP contribution in [0.15, 0.2) is 29.3 Å². The summed E-state index contributed by atoms with van der Waals surface area (Å²) in [5.74, 6) is 1.53. The first-order valence-corrected chi connectivity index (χ1v) is 7.41. The third kappa shape index (κ3) is 2.07. The maximum absolute atomic E-state index is 5.98. The average Bonchev–Trinajstić information content (AvgIpc) is 2.90. The number of hydrogen-bond acceptors (Lipinski definition) is 2. The van der Waals surface area contributed by atoms with Crippen molar-refractivity contribution < 1.29 is 4.74 Å². The van der Waals surface area contributed by atoms with Gasteiger partial charge >= 0.3 is 0 Å². The van der Waals surface area contributed by atoms with E-state index in [1.165, 1.54) is 24.0 Å². The Bertz CT molecular complexity index is 506. The minimum absolute atomic E-state index is 0.0154. The van der Waals surface area contributed by atoms with Crippen molar-refractivity contribution in [3.8, 4) is 0 Å². The summed E-state index contributed by atoms with van der Waals surface area (Å²) in [4.78, 5) is 4.88. The number of fused-ring (bicyclic) bond motifs is 1. The third-order valence-electron chi connectivity index (χ3n) is 4.65. The second-order valence-electron chi connectivity index (χ2n) is 6.40. The van der Waals surface area contributed by atoms with Crippen LogP contribution >= 0.6 is 0 Å². The molecule has 2 heteroatoms. The lowest BCUT2D eigenvalue weighted by Gasteiger charge is -2.35. The van der Waals surface area contributed by atoms with Crippen LogP contribution < -0.4 is 0 Å². The molecule has 2 aliphatic rings. The Hall–Kier alpha value is -1.31. The lowest BCUT2D eigenvalue weighted by atomic mass is 9.71. The van der Waals surface area contributed by atoms with E-state index in [1.54, 1.807) is 0 Å². The highest BCUT2D eigenvalue weighted by molar-refractivity contribution is 5.89. The molecule has 1 aromatic rings. The minimum atomic E-state index is -0.0154.